The standard InChI is InChI=1S/C24H22N2O5S/c1-4-31-20(27)14-26-17-13-12-15-8-5-6-9-16(15)22(17)32-24(26)25-23(28)21-18(29-2)10-7-11-19(21)30-3/h5-13H,4,14H2,1-3H3. The van der Waals surface area contributed by atoms with Crippen LogP contribution in [0.15, 0.2) is 59.6 Å². The summed E-state index contributed by atoms with van der Waals surface area (Å²) < 4.78 is 18.5. The first-order chi connectivity index (χ1) is 15.6. The van der Waals surface area contributed by atoms with Gasteiger partial charge in [-0.2, -0.15) is 4.99 Å². The van der Waals surface area contributed by atoms with E-state index < -0.39 is 11.9 Å². The zero-order valence-electron chi connectivity index (χ0n) is 18.0. The van der Waals surface area contributed by atoms with Gasteiger partial charge in [0.05, 0.1) is 31.0 Å². The van der Waals surface area contributed by atoms with Crippen LogP contribution in [0, 0.1) is 0 Å². The lowest BCUT2D eigenvalue weighted by molar-refractivity contribution is -0.143. The Kier molecular flexibility index (Phi) is 6.23. The van der Waals surface area contributed by atoms with Gasteiger partial charge in [-0.3, -0.25) is 9.59 Å². The Morgan fingerprint density at radius 3 is 2.38 bits per heavy atom. The molecule has 0 N–H and O–H groups in total. The van der Waals surface area contributed by atoms with Crippen LogP contribution < -0.4 is 14.3 Å². The Labute approximate surface area is 188 Å². The highest BCUT2D eigenvalue weighted by atomic mass is 32.1. The average Bonchev–Trinajstić information content (AvgIpc) is 3.15. The topological polar surface area (TPSA) is 79.1 Å². The SMILES string of the molecule is CCOC(=O)Cn1c(=NC(=O)c2c(OC)cccc2OC)sc2c3ccccc3ccc21. The Morgan fingerprint density at radius 2 is 1.69 bits per heavy atom. The molecule has 32 heavy (non-hydrogen) atoms. The molecule has 4 aromatic rings. The molecular formula is C24H22N2O5S. The molecule has 0 aliphatic carbocycles. The number of esters is 1. The van der Waals surface area contributed by atoms with Gasteiger partial charge in [0.2, 0.25) is 0 Å². The molecular weight excluding hydrogens is 428 g/mol. The summed E-state index contributed by atoms with van der Waals surface area (Å²) in [6.07, 6.45) is 0. The molecule has 7 nitrogen and oxygen atoms in total. The normalized spacial score (nSPS) is 11.7. The van der Waals surface area contributed by atoms with Crippen molar-refractivity contribution in [1.29, 1.82) is 0 Å². The molecule has 0 radical (unpaired) electrons. The number of carbonyl (C=O) groups is 2. The number of methoxy groups -OCH3 is 2. The van der Waals surface area contributed by atoms with Gasteiger partial charge in [-0.1, -0.05) is 47.7 Å². The molecule has 0 saturated heterocycles. The van der Waals surface area contributed by atoms with Gasteiger partial charge in [0, 0.05) is 5.39 Å². The van der Waals surface area contributed by atoms with Crippen molar-refractivity contribution >= 4 is 44.2 Å². The van der Waals surface area contributed by atoms with Crippen LogP contribution in [-0.2, 0) is 16.1 Å². The van der Waals surface area contributed by atoms with Gasteiger partial charge in [0.1, 0.15) is 23.6 Å². The first-order valence-corrected chi connectivity index (χ1v) is 10.9. The maximum absolute atomic E-state index is 13.2. The van der Waals surface area contributed by atoms with E-state index in [2.05, 4.69) is 4.99 Å². The van der Waals surface area contributed by atoms with Crippen LogP contribution in [0.2, 0.25) is 0 Å². The van der Waals surface area contributed by atoms with E-state index in [1.807, 2.05) is 36.4 Å². The molecule has 4 rings (SSSR count). The number of rotatable bonds is 6. The van der Waals surface area contributed by atoms with Gasteiger partial charge in [0.25, 0.3) is 5.91 Å². The second-order valence-electron chi connectivity index (χ2n) is 6.87. The number of fused-ring (bicyclic) bond motifs is 3. The summed E-state index contributed by atoms with van der Waals surface area (Å²) >= 11 is 1.35. The van der Waals surface area contributed by atoms with Gasteiger partial charge >= 0.3 is 5.97 Å². The van der Waals surface area contributed by atoms with Crippen LogP contribution in [0.25, 0.3) is 21.0 Å². The van der Waals surface area contributed by atoms with E-state index in [-0.39, 0.29) is 18.7 Å². The van der Waals surface area contributed by atoms with E-state index >= 15 is 0 Å². The monoisotopic (exact) mass is 450 g/mol. The van der Waals surface area contributed by atoms with E-state index in [9.17, 15) is 9.59 Å². The lowest BCUT2D eigenvalue weighted by Crippen LogP contribution is -2.23. The van der Waals surface area contributed by atoms with Gasteiger partial charge in [0.15, 0.2) is 4.80 Å². The second kappa shape index (κ2) is 9.23. The van der Waals surface area contributed by atoms with Crippen LogP contribution in [0.4, 0.5) is 0 Å². The third-order valence-electron chi connectivity index (χ3n) is 5.01. The number of amides is 1. The van der Waals surface area contributed by atoms with Crippen LogP contribution >= 0.6 is 11.3 Å². The minimum Gasteiger partial charge on any atom is -0.496 e. The smallest absolute Gasteiger partial charge is 0.326 e. The number of aromatic nitrogens is 1. The molecule has 0 fully saturated rings. The molecule has 1 heterocycles. The number of thiazole rings is 1. The average molecular weight is 451 g/mol. The third kappa shape index (κ3) is 3.97. The largest absolute Gasteiger partial charge is 0.496 e. The molecule has 0 aliphatic heterocycles. The van der Waals surface area contributed by atoms with Crippen molar-refractivity contribution in [3.05, 3.63) is 65.0 Å². The predicted molar refractivity (Wildman–Crippen MR) is 123 cm³/mol. The highest BCUT2D eigenvalue weighted by Gasteiger charge is 2.19. The summed E-state index contributed by atoms with van der Waals surface area (Å²) in [5.41, 5.74) is 1.03. The Morgan fingerprint density at radius 1 is 0.969 bits per heavy atom. The Hall–Kier alpha value is -3.65. The molecule has 164 valence electrons. The van der Waals surface area contributed by atoms with Gasteiger partial charge < -0.3 is 18.8 Å². The summed E-state index contributed by atoms with van der Waals surface area (Å²) in [6, 6.07) is 17.0. The summed E-state index contributed by atoms with van der Waals surface area (Å²) in [5.74, 6) is -0.194. The van der Waals surface area contributed by atoms with Crippen LogP contribution in [0.5, 0.6) is 11.5 Å². The highest BCUT2D eigenvalue weighted by Crippen LogP contribution is 2.30. The van der Waals surface area contributed by atoms with Crippen molar-refractivity contribution in [1.82, 2.24) is 4.57 Å². The van der Waals surface area contributed by atoms with Crippen LogP contribution in [0.1, 0.15) is 17.3 Å². The number of hydrogen-bond donors (Lipinski definition) is 0. The van der Waals surface area contributed by atoms with Crippen LogP contribution in [0.3, 0.4) is 0 Å². The maximum Gasteiger partial charge on any atom is 0.326 e. The molecule has 0 aliphatic rings. The summed E-state index contributed by atoms with van der Waals surface area (Å²) in [7, 11) is 2.97. The van der Waals surface area contributed by atoms with Gasteiger partial charge in [-0.25, -0.2) is 0 Å². The fraction of sp³-hybridized carbons (Fsp3) is 0.208. The van der Waals surface area contributed by atoms with Crippen molar-refractivity contribution in [2.45, 2.75) is 13.5 Å². The molecule has 0 unspecified atom stereocenters. The van der Waals surface area contributed by atoms with Crippen molar-refractivity contribution in [3.63, 3.8) is 0 Å². The molecule has 0 bridgehead atoms. The summed E-state index contributed by atoms with van der Waals surface area (Å²) in [5, 5.41) is 2.09. The molecule has 0 atom stereocenters. The molecule has 1 aromatic heterocycles. The minimum atomic E-state index is -0.521. The Balaban J connectivity index is 1.95. The summed E-state index contributed by atoms with van der Waals surface area (Å²) in [4.78, 5) is 30.3. The first-order valence-electron chi connectivity index (χ1n) is 10.0. The quantitative estimate of drug-likeness (QED) is 0.412. The number of benzene rings is 3. The number of hydrogen-bond acceptors (Lipinski definition) is 6. The van der Waals surface area contributed by atoms with Crippen molar-refractivity contribution in [2.24, 2.45) is 4.99 Å². The lowest BCUT2D eigenvalue weighted by atomic mass is 10.1. The molecule has 0 spiro atoms. The van der Waals surface area contributed by atoms with E-state index in [0.29, 0.717) is 16.3 Å². The van der Waals surface area contributed by atoms with E-state index in [1.54, 1.807) is 29.7 Å². The first kappa shape index (κ1) is 21.6. The van der Waals surface area contributed by atoms with Crippen molar-refractivity contribution in [3.8, 4) is 11.5 Å². The fourth-order valence-electron chi connectivity index (χ4n) is 3.58. The molecule has 3 aromatic carbocycles. The highest BCUT2D eigenvalue weighted by molar-refractivity contribution is 7.17. The van der Waals surface area contributed by atoms with Gasteiger partial charge in [-0.15, -0.1) is 0 Å². The zero-order valence-corrected chi connectivity index (χ0v) is 18.8. The molecule has 8 heteroatoms. The molecule has 0 saturated carbocycles. The molecule has 1 amide bonds. The minimum absolute atomic E-state index is 0.0542. The predicted octanol–water partition coefficient (Wildman–Crippen LogP) is 4.18. The van der Waals surface area contributed by atoms with E-state index in [4.69, 9.17) is 14.2 Å². The number of nitrogens with zero attached hydrogens (tertiary/aromatic N) is 2. The lowest BCUT2D eigenvalue weighted by Gasteiger charge is -2.10. The summed E-state index contributed by atoms with van der Waals surface area (Å²) in [6.45, 7) is 1.97. The number of ether oxygens (including phenoxy) is 3. The van der Waals surface area contributed by atoms with Crippen molar-refractivity contribution < 1.29 is 23.8 Å². The zero-order chi connectivity index (χ0) is 22.7. The van der Waals surface area contributed by atoms with Gasteiger partial charge in [-0.05, 0) is 30.5 Å². The second-order valence-corrected chi connectivity index (χ2v) is 7.84. The maximum atomic E-state index is 13.2. The Bertz CT molecular complexity index is 1360. The third-order valence-corrected chi connectivity index (χ3v) is 6.13. The fourth-order valence-corrected chi connectivity index (χ4v) is 4.74. The van der Waals surface area contributed by atoms with Crippen molar-refractivity contribution in [2.75, 3.05) is 20.8 Å². The van der Waals surface area contributed by atoms with E-state index in [0.717, 1.165) is 21.0 Å². The van der Waals surface area contributed by atoms with Crippen LogP contribution in [-0.4, -0.2) is 37.3 Å². The van der Waals surface area contributed by atoms with E-state index in [1.165, 1.54) is 25.6 Å². The number of carbonyl (C=O) groups excluding carboxylic acids is 2.